The van der Waals surface area contributed by atoms with Gasteiger partial charge in [-0.2, -0.15) is 0 Å². The van der Waals surface area contributed by atoms with Crippen LogP contribution in [0.5, 0.6) is 0 Å². The molecule has 0 unspecified atom stereocenters. The van der Waals surface area contributed by atoms with Crippen molar-refractivity contribution in [1.29, 1.82) is 0 Å². The Hall–Kier alpha value is -2.46. The molecular formula is C22H27N. The standard InChI is InChI=1S/C18H17N.C2H6.C2H4/c1-3-6-14(2)17-9-10-19(13-17)18-11-15-7-4-5-8-16(15)12-18;2*1-2/h1,4-10,13,18H,11-12H2,2H3;1-2H3;1-2H2/b14-6-;;. The maximum absolute atomic E-state index is 5.32. The number of fused-ring (bicyclic) bond motifs is 1. The molecule has 0 amide bonds. The van der Waals surface area contributed by atoms with Crippen molar-refractivity contribution in [1.82, 2.24) is 4.57 Å². The van der Waals surface area contributed by atoms with Crippen LogP contribution in [0.4, 0.5) is 0 Å². The number of hydrogen-bond donors (Lipinski definition) is 0. The SMILES string of the molecule is C#C/C=C(/C)c1ccn(C2Cc3ccccc3C2)c1.C=C.CC. The van der Waals surface area contributed by atoms with Gasteiger partial charge in [0.1, 0.15) is 0 Å². The molecule has 1 aromatic heterocycles. The van der Waals surface area contributed by atoms with E-state index in [-0.39, 0.29) is 0 Å². The molecule has 0 radical (unpaired) electrons. The van der Waals surface area contributed by atoms with Gasteiger partial charge in [-0.3, -0.25) is 0 Å². The molecule has 0 bridgehead atoms. The van der Waals surface area contributed by atoms with E-state index in [0.29, 0.717) is 6.04 Å². The van der Waals surface area contributed by atoms with Gasteiger partial charge in [-0.05, 0) is 54.2 Å². The fourth-order valence-electron chi connectivity index (χ4n) is 2.83. The number of allylic oxidation sites excluding steroid dienone is 2. The Bertz CT molecular complexity index is 657. The summed E-state index contributed by atoms with van der Waals surface area (Å²) in [6.07, 6.45) is 13.8. The average molecular weight is 305 g/mol. The topological polar surface area (TPSA) is 4.93 Å². The third kappa shape index (κ3) is 4.50. The fourth-order valence-corrected chi connectivity index (χ4v) is 2.83. The van der Waals surface area contributed by atoms with E-state index in [1.54, 1.807) is 0 Å². The molecule has 0 atom stereocenters. The predicted octanol–water partition coefficient (Wildman–Crippen LogP) is 5.69. The van der Waals surface area contributed by atoms with Crippen molar-refractivity contribution < 1.29 is 0 Å². The predicted molar refractivity (Wildman–Crippen MR) is 102 cm³/mol. The molecule has 1 aromatic carbocycles. The molecule has 23 heavy (non-hydrogen) atoms. The number of nitrogens with zero attached hydrogens (tertiary/aromatic N) is 1. The van der Waals surface area contributed by atoms with Gasteiger partial charge in [0.25, 0.3) is 0 Å². The van der Waals surface area contributed by atoms with Crippen molar-refractivity contribution in [3.63, 3.8) is 0 Å². The van der Waals surface area contributed by atoms with E-state index in [4.69, 9.17) is 6.42 Å². The van der Waals surface area contributed by atoms with E-state index in [2.05, 4.69) is 73.3 Å². The summed E-state index contributed by atoms with van der Waals surface area (Å²) in [7, 11) is 0. The van der Waals surface area contributed by atoms with Gasteiger partial charge < -0.3 is 4.57 Å². The molecule has 1 aliphatic carbocycles. The van der Waals surface area contributed by atoms with Crippen LogP contribution in [0.2, 0.25) is 0 Å². The molecule has 1 heteroatoms. The molecule has 1 heterocycles. The van der Waals surface area contributed by atoms with Gasteiger partial charge >= 0.3 is 0 Å². The molecule has 0 N–H and O–H groups in total. The Morgan fingerprint density at radius 3 is 2.26 bits per heavy atom. The molecule has 3 rings (SSSR count). The minimum Gasteiger partial charge on any atom is -0.350 e. The van der Waals surface area contributed by atoms with Crippen LogP contribution in [0.1, 0.15) is 43.5 Å². The van der Waals surface area contributed by atoms with Crippen LogP contribution >= 0.6 is 0 Å². The lowest BCUT2D eigenvalue weighted by atomic mass is 10.1. The monoisotopic (exact) mass is 305 g/mol. The van der Waals surface area contributed by atoms with E-state index >= 15 is 0 Å². The van der Waals surface area contributed by atoms with Crippen LogP contribution in [0.3, 0.4) is 0 Å². The minimum absolute atomic E-state index is 0.546. The van der Waals surface area contributed by atoms with Crippen LogP contribution < -0.4 is 0 Å². The first-order chi connectivity index (χ1) is 11.3. The van der Waals surface area contributed by atoms with Gasteiger partial charge in [0.05, 0.1) is 0 Å². The Kier molecular flexibility index (Phi) is 7.71. The zero-order valence-electron chi connectivity index (χ0n) is 14.5. The lowest BCUT2D eigenvalue weighted by Gasteiger charge is -2.11. The smallest absolute Gasteiger partial charge is 0.0411 e. The van der Waals surface area contributed by atoms with Crippen LogP contribution in [-0.4, -0.2) is 4.57 Å². The van der Waals surface area contributed by atoms with Gasteiger partial charge in [-0.1, -0.05) is 44.0 Å². The zero-order valence-corrected chi connectivity index (χ0v) is 14.5. The first-order valence-electron chi connectivity index (χ1n) is 8.15. The number of aromatic nitrogens is 1. The summed E-state index contributed by atoms with van der Waals surface area (Å²) in [5.41, 5.74) is 5.34. The fraction of sp³-hybridized carbons (Fsp3) is 0.273. The Balaban J connectivity index is 0.000000615. The number of benzene rings is 1. The summed E-state index contributed by atoms with van der Waals surface area (Å²) in [4.78, 5) is 0. The number of rotatable bonds is 2. The first-order valence-corrected chi connectivity index (χ1v) is 8.15. The Labute approximate surface area is 141 Å². The summed E-state index contributed by atoms with van der Waals surface area (Å²) < 4.78 is 2.32. The Morgan fingerprint density at radius 1 is 1.17 bits per heavy atom. The summed E-state index contributed by atoms with van der Waals surface area (Å²) in [5.74, 6) is 2.59. The van der Waals surface area contributed by atoms with Gasteiger partial charge in [-0.15, -0.1) is 19.6 Å². The molecule has 2 aromatic rings. The molecule has 0 spiro atoms. The van der Waals surface area contributed by atoms with E-state index in [0.717, 1.165) is 18.4 Å². The second-order valence-corrected chi connectivity index (χ2v) is 5.17. The van der Waals surface area contributed by atoms with Crippen molar-refractivity contribution in [2.45, 2.75) is 39.7 Å². The van der Waals surface area contributed by atoms with Crippen molar-refractivity contribution in [3.8, 4) is 12.3 Å². The van der Waals surface area contributed by atoms with Gasteiger partial charge in [0, 0.05) is 18.4 Å². The maximum Gasteiger partial charge on any atom is 0.0411 e. The van der Waals surface area contributed by atoms with Gasteiger partial charge in [0.2, 0.25) is 0 Å². The second-order valence-electron chi connectivity index (χ2n) is 5.17. The molecule has 120 valence electrons. The van der Waals surface area contributed by atoms with E-state index in [1.807, 2.05) is 19.9 Å². The van der Waals surface area contributed by atoms with Gasteiger partial charge in [-0.25, -0.2) is 0 Å². The molecule has 1 aliphatic rings. The summed E-state index contributed by atoms with van der Waals surface area (Å²) >= 11 is 0. The first kappa shape index (κ1) is 18.6. The maximum atomic E-state index is 5.32. The van der Waals surface area contributed by atoms with E-state index in [1.165, 1.54) is 16.7 Å². The quantitative estimate of drug-likeness (QED) is 0.496. The van der Waals surface area contributed by atoms with E-state index in [9.17, 15) is 0 Å². The highest BCUT2D eigenvalue weighted by molar-refractivity contribution is 5.65. The molecular weight excluding hydrogens is 278 g/mol. The van der Waals surface area contributed by atoms with Crippen LogP contribution in [0, 0.1) is 12.3 Å². The van der Waals surface area contributed by atoms with Crippen molar-refractivity contribution in [2.75, 3.05) is 0 Å². The Morgan fingerprint density at radius 2 is 1.74 bits per heavy atom. The third-order valence-electron chi connectivity index (χ3n) is 3.92. The molecule has 1 nitrogen and oxygen atoms in total. The van der Waals surface area contributed by atoms with Crippen LogP contribution in [0.15, 0.2) is 62.0 Å². The molecule has 0 fully saturated rings. The molecule has 0 saturated heterocycles. The number of terminal acetylenes is 1. The normalized spacial score (nSPS) is 13.0. The highest BCUT2D eigenvalue weighted by Crippen LogP contribution is 2.30. The second kappa shape index (κ2) is 9.54. The van der Waals surface area contributed by atoms with Crippen molar-refractivity contribution >= 4 is 5.57 Å². The highest BCUT2D eigenvalue weighted by Gasteiger charge is 2.21. The summed E-state index contributed by atoms with van der Waals surface area (Å²) in [6, 6.07) is 11.4. The summed E-state index contributed by atoms with van der Waals surface area (Å²) in [6.45, 7) is 12.1. The van der Waals surface area contributed by atoms with Crippen molar-refractivity contribution in [3.05, 3.63) is 78.6 Å². The largest absolute Gasteiger partial charge is 0.350 e. The number of hydrogen-bond acceptors (Lipinski definition) is 0. The lowest BCUT2D eigenvalue weighted by Crippen LogP contribution is -2.06. The lowest BCUT2D eigenvalue weighted by molar-refractivity contribution is 0.531. The zero-order chi connectivity index (χ0) is 17.2. The molecule has 0 saturated carbocycles. The average Bonchev–Trinajstić information content (AvgIpc) is 3.25. The van der Waals surface area contributed by atoms with Crippen molar-refractivity contribution in [2.24, 2.45) is 0 Å². The van der Waals surface area contributed by atoms with Crippen LogP contribution in [-0.2, 0) is 12.8 Å². The van der Waals surface area contributed by atoms with E-state index < -0.39 is 0 Å². The summed E-state index contributed by atoms with van der Waals surface area (Å²) in [5, 5.41) is 0. The molecule has 0 aliphatic heterocycles. The minimum atomic E-state index is 0.546. The van der Waals surface area contributed by atoms with Gasteiger partial charge in [0.15, 0.2) is 0 Å². The van der Waals surface area contributed by atoms with Crippen LogP contribution in [0.25, 0.3) is 5.57 Å². The highest BCUT2D eigenvalue weighted by atomic mass is 15.0. The third-order valence-corrected chi connectivity index (χ3v) is 3.92.